The smallest absolute Gasteiger partial charge is 0.253 e. The molecule has 2 aromatic rings. The van der Waals surface area contributed by atoms with E-state index in [1.54, 1.807) is 12.1 Å². The fourth-order valence-corrected chi connectivity index (χ4v) is 3.81. The number of likely N-dealkylation sites (tertiary alicyclic amines) is 1. The van der Waals surface area contributed by atoms with Crippen molar-refractivity contribution >= 4 is 11.6 Å². The summed E-state index contributed by atoms with van der Waals surface area (Å²) in [4.78, 5) is 15.7. The molecule has 4 nitrogen and oxygen atoms in total. The Hall–Kier alpha value is -2.38. The van der Waals surface area contributed by atoms with Gasteiger partial charge in [-0.25, -0.2) is 13.2 Å². The highest BCUT2D eigenvalue weighted by Crippen LogP contribution is 2.33. The number of anilines is 1. The van der Waals surface area contributed by atoms with Crippen LogP contribution >= 0.6 is 0 Å². The lowest BCUT2D eigenvalue weighted by Gasteiger charge is -2.40. The Kier molecular flexibility index (Phi) is 4.65. The molecule has 0 radical (unpaired) electrons. The minimum absolute atomic E-state index is 0.0309. The lowest BCUT2D eigenvalue weighted by molar-refractivity contribution is -0.137. The van der Waals surface area contributed by atoms with Gasteiger partial charge in [-0.1, -0.05) is 12.1 Å². The largest absolute Gasteiger partial charge is 0.362 e. The van der Waals surface area contributed by atoms with Crippen molar-refractivity contribution in [3.8, 4) is 0 Å². The van der Waals surface area contributed by atoms with E-state index in [0.717, 1.165) is 0 Å². The van der Waals surface area contributed by atoms with Crippen LogP contribution in [0.2, 0.25) is 0 Å². The first-order chi connectivity index (χ1) is 13.0. The number of ether oxygens (including phenoxy) is 1. The topological polar surface area (TPSA) is 32.8 Å². The first kappa shape index (κ1) is 18.0. The molecular formula is C20H19F3N2O2. The monoisotopic (exact) mass is 376 g/mol. The van der Waals surface area contributed by atoms with E-state index < -0.39 is 23.1 Å². The van der Waals surface area contributed by atoms with Crippen LogP contribution in [-0.2, 0) is 16.1 Å². The maximum absolute atomic E-state index is 13.9. The van der Waals surface area contributed by atoms with E-state index in [-0.39, 0.29) is 31.2 Å². The molecule has 2 fully saturated rings. The normalized spacial score (nSPS) is 23.4. The molecule has 2 heterocycles. The van der Waals surface area contributed by atoms with Crippen molar-refractivity contribution in [2.75, 3.05) is 31.1 Å². The Morgan fingerprint density at radius 3 is 2.52 bits per heavy atom. The van der Waals surface area contributed by atoms with Gasteiger partial charge in [-0.3, -0.25) is 9.69 Å². The molecule has 2 saturated heterocycles. The zero-order valence-corrected chi connectivity index (χ0v) is 14.6. The second-order valence-corrected chi connectivity index (χ2v) is 7.09. The third-order valence-corrected chi connectivity index (χ3v) is 5.21. The lowest BCUT2D eigenvalue weighted by atomic mass is 10.00. The molecule has 7 heteroatoms. The van der Waals surface area contributed by atoms with Crippen LogP contribution in [0, 0.1) is 17.5 Å². The molecule has 0 aromatic heterocycles. The molecule has 0 bridgehead atoms. The number of carbonyl (C=O) groups is 1. The number of rotatable bonds is 3. The number of morpholine rings is 1. The van der Waals surface area contributed by atoms with E-state index in [2.05, 4.69) is 0 Å². The highest BCUT2D eigenvalue weighted by atomic mass is 19.1. The summed E-state index contributed by atoms with van der Waals surface area (Å²) in [5.41, 5.74) is -0.105. The minimum atomic E-state index is -0.623. The van der Waals surface area contributed by atoms with Gasteiger partial charge in [0.05, 0.1) is 6.54 Å². The second kappa shape index (κ2) is 6.98. The number of hydrogen-bond donors (Lipinski definition) is 0. The van der Waals surface area contributed by atoms with E-state index >= 15 is 0 Å². The van der Waals surface area contributed by atoms with Crippen LogP contribution < -0.4 is 4.90 Å². The molecule has 0 N–H and O–H groups in total. The Bertz CT molecular complexity index is 856. The quantitative estimate of drug-likeness (QED) is 0.825. The van der Waals surface area contributed by atoms with Gasteiger partial charge >= 0.3 is 0 Å². The van der Waals surface area contributed by atoms with Crippen LogP contribution in [0.3, 0.4) is 0 Å². The van der Waals surface area contributed by atoms with Crippen LogP contribution in [0.4, 0.5) is 18.9 Å². The Morgan fingerprint density at radius 1 is 1.04 bits per heavy atom. The van der Waals surface area contributed by atoms with Crippen LogP contribution in [0.15, 0.2) is 42.5 Å². The molecule has 4 rings (SSSR count). The van der Waals surface area contributed by atoms with E-state index in [4.69, 9.17) is 4.74 Å². The van der Waals surface area contributed by atoms with Crippen molar-refractivity contribution in [1.29, 1.82) is 0 Å². The summed E-state index contributed by atoms with van der Waals surface area (Å²) in [6, 6.07) is 9.70. The van der Waals surface area contributed by atoms with Crippen molar-refractivity contribution in [2.24, 2.45) is 0 Å². The maximum atomic E-state index is 13.9. The molecule has 27 heavy (non-hydrogen) atoms. The van der Waals surface area contributed by atoms with Crippen LogP contribution in [-0.4, -0.2) is 42.6 Å². The van der Waals surface area contributed by atoms with E-state index in [1.165, 1.54) is 35.2 Å². The predicted molar refractivity (Wildman–Crippen MR) is 93.7 cm³/mol. The van der Waals surface area contributed by atoms with Gasteiger partial charge in [-0.2, -0.15) is 0 Å². The number of amides is 1. The van der Waals surface area contributed by atoms with E-state index in [0.29, 0.717) is 25.2 Å². The fourth-order valence-electron chi connectivity index (χ4n) is 3.81. The van der Waals surface area contributed by atoms with Crippen LogP contribution in [0.5, 0.6) is 0 Å². The number of carbonyl (C=O) groups excluding carboxylic acids is 1. The van der Waals surface area contributed by atoms with Gasteiger partial charge in [0, 0.05) is 30.9 Å². The summed E-state index contributed by atoms with van der Waals surface area (Å²) >= 11 is 0. The minimum Gasteiger partial charge on any atom is -0.362 e. The van der Waals surface area contributed by atoms with Gasteiger partial charge in [0.15, 0.2) is 0 Å². The summed E-state index contributed by atoms with van der Waals surface area (Å²) < 4.78 is 47.2. The summed E-state index contributed by atoms with van der Waals surface area (Å²) in [6.45, 7) is 1.36. The first-order valence-corrected chi connectivity index (χ1v) is 8.81. The Morgan fingerprint density at radius 2 is 1.78 bits per heavy atom. The summed E-state index contributed by atoms with van der Waals surface area (Å²) in [6.07, 6.45) is 0.627. The highest BCUT2D eigenvalue weighted by molar-refractivity contribution is 5.95. The average Bonchev–Trinajstić information content (AvgIpc) is 3.03. The SMILES string of the molecule is O=C1COC2(CCN(Cc3c(F)cccc3F)C2)CN1c1cccc(F)c1. The Labute approximate surface area is 155 Å². The van der Waals surface area contributed by atoms with Gasteiger partial charge < -0.3 is 9.64 Å². The van der Waals surface area contributed by atoms with Crippen molar-refractivity contribution in [3.63, 3.8) is 0 Å². The molecule has 2 aliphatic rings. The van der Waals surface area contributed by atoms with E-state index in [9.17, 15) is 18.0 Å². The second-order valence-electron chi connectivity index (χ2n) is 7.09. The van der Waals surface area contributed by atoms with Gasteiger partial charge in [0.25, 0.3) is 5.91 Å². The zero-order valence-electron chi connectivity index (χ0n) is 14.6. The van der Waals surface area contributed by atoms with Crippen molar-refractivity contribution < 1.29 is 22.7 Å². The average molecular weight is 376 g/mol. The molecule has 1 amide bonds. The molecule has 2 aliphatic heterocycles. The lowest BCUT2D eigenvalue weighted by Crippen LogP contribution is -2.56. The molecule has 2 aromatic carbocycles. The summed E-state index contributed by atoms with van der Waals surface area (Å²) in [5.74, 6) is -1.79. The van der Waals surface area contributed by atoms with Gasteiger partial charge in [0.2, 0.25) is 0 Å². The van der Waals surface area contributed by atoms with Crippen molar-refractivity contribution in [2.45, 2.75) is 18.6 Å². The van der Waals surface area contributed by atoms with Crippen LogP contribution in [0.25, 0.3) is 0 Å². The molecule has 142 valence electrons. The molecule has 1 atom stereocenters. The predicted octanol–water partition coefficient (Wildman–Crippen LogP) is 3.11. The maximum Gasteiger partial charge on any atom is 0.253 e. The molecule has 1 unspecified atom stereocenters. The van der Waals surface area contributed by atoms with E-state index in [1.807, 2.05) is 4.90 Å². The van der Waals surface area contributed by atoms with Crippen molar-refractivity contribution in [3.05, 3.63) is 65.5 Å². The van der Waals surface area contributed by atoms with Crippen molar-refractivity contribution in [1.82, 2.24) is 4.90 Å². The number of benzene rings is 2. The third-order valence-electron chi connectivity index (χ3n) is 5.21. The van der Waals surface area contributed by atoms with Gasteiger partial charge in [0.1, 0.15) is 29.7 Å². The summed E-state index contributed by atoms with van der Waals surface area (Å²) in [5, 5.41) is 0. The van der Waals surface area contributed by atoms with Gasteiger partial charge in [-0.15, -0.1) is 0 Å². The number of halogens is 3. The molecule has 0 aliphatic carbocycles. The zero-order chi connectivity index (χ0) is 19.0. The molecule has 1 spiro atoms. The molecule has 0 saturated carbocycles. The third kappa shape index (κ3) is 3.57. The summed E-state index contributed by atoms with van der Waals surface area (Å²) in [7, 11) is 0. The number of hydrogen-bond acceptors (Lipinski definition) is 3. The number of nitrogens with zero attached hydrogens (tertiary/aromatic N) is 2. The van der Waals surface area contributed by atoms with Gasteiger partial charge in [-0.05, 0) is 36.8 Å². The first-order valence-electron chi connectivity index (χ1n) is 8.81. The highest BCUT2D eigenvalue weighted by Gasteiger charge is 2.45. The fraction of sp³-hybridized carbons (Fsp3) is 0.350. The molecular weight excluding hydrogens is 357 g/mol. The standard InChI is InChI=1S/C20H19F3N2O2/c21-14-3-1-4-15(9-14)25-13-20(27-11-19(25)26)7-8-24(12-20)10-16-17(22)5-2-6-18(16)23/h1-6,9H,7-8,10-13H2. The van der Waals surface area contributed by atoms with Crippen LogP contribution in [0.1, 0.15) is 12.0 Å². The Balaban J connectivity index is 1.50.